The lowest BCUT2D eigenvalue weighted by atomic mass is 10.3. The van der Waals surface area contributed by atoms with Crippen LogP contribution in [0.1, 0.15) is 12.8 Å². The van der Waals surface area contributed by atoms with Gasteiger partial charge in [0, 0.05) is 11.1 Å². The summed E-state index contributed by atoms with van der Waals surface area (Å²) in [7, 11) is -3.88. The quantitative estimate of drug-likeness (QED) is 0.701. The molecule has 0 heterocycles. The first-order valence-corrected chi connectivity index (χ1v) is 7.97. The van der Waals surface area contributed by atoms with Crippen molar-refractivity contribution in [3.63, 3.8) is 0 Å². The van der Waals surface area contributed by atoms with Crippen molar-refractivity contribution in [3.05, 3.63) is 29.3 Å². The second kappa shape index (κ2) is 6.09. The number of rotatable bonds is 6. The maximum absolute atomic E-state index is 12.1. The molecule has 0 saturated heterocycles. The molecule has 0 bridgehead atoms. The van der Waals surface area contributed by atoms with Crippen LogP contribution < -0.4 is 10.0 Å². The van der Waals surface area contributed by atoms with Crippen molar-refractivity contribution in [3.8, 4) is 0 Å². The second-order valence-corrected chi connectivity index (χ2v) is 6.74. The fourth-order valence-corrected chi connectivity index (χ4v) is 2.88. The van der Waals surface area contributed by atoms with Crippen LogP contribution in [-0.4, -0.2) is 38.1 Å². The minimum atomic E-state index is -3.88. The van der Waals surface area contributed by atoms with Crippen LogP contribution >= 0.6 is 11.6 Å². The molecule has 1 saturated carbocycles. The van der Waals surface area contributed by atoms with Gasteiger partial charge in [-0.3, -0.25) is 4.79 Å². The fraction of sp³-hybridized carbons (Fsp3) is 0.417. The number of nitrogens with one attached hydrogen (secondary N) is 2. The Morgan fingerprint density at radius 3 is 2.45 bits per heavy atom. The number of hydrogen-bond acceptors (Lipinski definition) is 4. The smallest absolute Gasteiger partial charge is 0.241 e. The highest BCUT2D eigenvalue weighted by Crippen LogP contribution is 2.19. The largest absolute Gasteiger partial charge is 0.394 e. The van der Waals surface area contributed by atoms with E-state index in [2.05, 4.69) is 10.0 Å². The zero-order valence-corrected chi connectivity index (χ0v) is 12.1. The van der Waals surface area contributed by atoms with Gasteiger partial charge in [0.05, 0.1) is 11.5 Å². The Kier molecular flexibility index (Phi) is 4.64. The maximum atomic E-state index is 12.1. The Morgan fingerprint density at radius 2 is 1.95 bits per heavy atom. The van der Waals surface area contributed by atoms with E-state index in [1.165, 1.54) is 24.3 Å². The number of sulfonamides is 1. The van der Waals surface area contributed by atoms with Gasteiger partial charge < -0.3 is 10.4 Å². The van der Waals surface area contributed by atoms with Gasteiger partial charge in [0.2, 0.25) is 15.9 Å². The van der Waals surface area contributed by atoms with Crippen LogP contribution in [0.2, 0.25) is 5.02 Å². The number of amides is 1. The first kappa shape index (κ1) is 15.2. The molecule has 1 amide bonds. The summed E-state index contributed by atoms with van der Waals surface area (Å²) in [4.78, 5) is 11.8. The Hall–Kier alpha value is -1.15. The lowest BCUT2D eigenvalue weighted by Crippen LogP contribution is -2.49. The van der Waals surface area contributed by atoms with E-state index in [9.17, 15) is 18.3 Å². The molecule has 1 fully saturated rings. The third-order valence-electron chi connectivity index (χ3n) is 2.84. The Labute approximate surface area is 122 Å². The number of carbonyl (C=O) groups excluding carboxylic acids is 1. The summed E-state index contributed by atoms with van der Waals surface area (Å²) in [6, 6.07) is 4.44. The first-order chi connectivity index (χ1) is 9.42. The van der Waals surface area contributed by atoms with Crippen LogP contribution in [0.3, 0.4) is 0 Å². The van der Waals surface area contributed by atoms with Crippen molar-refractivity contribution < 1.29 is 18.3 Å². The van der Waals surface area contributed by atoms with Gasteiger partial charge in [-0.05, 0) is 37.1 Å². The van der Waals surface area contributed by atoms with E-state index in [-0.39, 0.29) is 10.9 Å². The number of hydrogen-bond donors (Lipinski definition) is 3. The normalized spacial score (nSPS) is 16.7. The fourth-order valence-electron chi connectivity index (χ4n) is 1.57. The third-order valence-corrected chi connectivity index (χ3v) is 4.58. The van der Waals surface area contributed by atoms with Crippen LogP contribution in [0.15, 0.2) is 29.2 Å². The molecule has 0 spiro atoms. The van der Waals surface area contributed by atoms with Crippen molar-refractivity contribution in [2.24, 2.45) is 0 Å². The standard InChI is InChI=1S/C12H15ClN2O4S/c13-8-1-5-10(6-2-8)20(18,19)15-11(7-16)12(17)14-9-3-4-9/h1-2,5-6,9,11,15-16H,3-4,7H2,(H,14,17). The van der Waals surface area contributed by atoms with Gasteiger partial charge in [0.25, 0.3) is 0 Å². The average Bonchev–Trinajstić information content (AvgIpc) is 3.20. The van der Waals surface area contributed by atoms with Crippen LogP contribution in [0.4, 0.5) is 0 Å². The van der Waals surface area contributed by atoms with Crippen molar-refractivity contribution in [2.75, 3.05) is 6.61 Å². The maximum Gasteiger partial charge on any atom is 0.241 e. The van der Waals surface area contributed by atoms with E-state index < -0.39 is 28.6 Å². The lowest BCUT2D eigenvalue weighted by Gasteiger charge is -2.16. The second-order valence-electron chi connectivity index (χ2n) is 4.59. The minimum Gasteiger partial charge on any atom is -0.394 e. The van der Waals surface area contributed by atoms with Gasteiger partial charge in [-0.25, -0.2) is 8.42 Å². The molecule has 1 aromatic carbocycles. The SMILES string of the molecule is O=C(NC1CC1)C(CO)NS(=O)(=O)c1ccc(Cl)cc1. The summed E-state index contributed by atoms with van der Waals surface area (Å²) in [6.07, 6.45) is 1.77. The van der Waals surface area contributed by atoms with Gasteiger partial charge >= 0.3 is 0 Å². The summed E-state index contributed by atoms with van der Waals surface area (Å²) in [6.45, 7) is -0.606. The van der Waals surface area contributed by atoms with Gasteiger partial charge in [0.15, 0.2) is 0 Å². The van der Waals surface area contributed by atoms with Crippen LogP contribution in [0, 0.1) is 0 Å². The Balaban J connectivity index is 2.08. The Morgan fingerprint density at radius 1 is 1.35 bits per heavy atom. The number of benzene rings is 1. The highest BCUT2D eigenvalue weighted by Gasteiger charge is 2.30. The molecule has 110 valence electrons. The molecular formula is C12H15ClN2O4S. The van der Waals surface area contributed by atoms with Gasteiger partial charge in [-0.15, -0.1) is 0 Å². The van der Waals surface area contributed by atoms with Gasteiger partial charge in [-0.2, -0.15) is 4.72 Å². The zero-order chi connectivity index (χ0) is 14.8. The molecule has 0 aromatic heterocycles. The molecule has 3 N–H and O–H groups in total. The third kappa shape index (κ3) is 3.92. The summed E-state index contributed by atoms with van der Waals surface area (Å²) in [5.41, 5.74) is 0. The molecule has 1 aliphatic carbocycles. The van der Waals surface area contributed by atoms with E-state index in [1.807, 2.05) is 0 Å². The predicted octanol–water partition coefficient (Wildman–Crippen LogP) is 0.258. The van der Waals surface area contributed by atoms with Gasteiger partial charge in [-0.1, -0.05) is 11.6 Å². The monoisotopic (exact) mass is 318 g/mol. The van der Waals surface area contributed by atoms with E-state index >= 15 is 0 Å². The molecule has 6 nitrogen and oxygen atoms in total. The molecule has 8 heteroatoms. The van der Waals surface area contributed by atoms with E-state index in [0.717, 1.165) is 12.8 Å². The van der Waals surface area contributed by atoms with Crippen molar-refractivity contribution in [2.45, 2.75) is 29.8 Å². The van der Waals surface area contributed by atoms with E-state index in [0.29, 0.717) is 5.02 Å². The van der Waals surface area contributed by atoms with Crippen molar-refractivity contribution in [1.29, 1.82) is 0 Å². The topological polar surface area (TPSA) is 95.5 Å². The summed E-state index contributed by atoms with van der Waals surface area (Å²) >= 11 is 5.69. The summed E-state index contributed by atoms with van der Waals surface area (Å²) in [5.74, 6) is -0.521. The molecule has 0 radical (unpaired) electrons. The average molecular weight is 319 g/mol. The van der Waals surface area contributed by atoms with E-state index in [1.54, 1.807) is 0 Å². The highest BCUT2D eigenvalue weighted by molar-refractivity contribution is 7.89. The first-order valence-electron chi connectivity index (χ1n) is 6.11. The molecule has 1 aliphatic rings. The number of halogens is 1. The number of aliphatic hydroxyl groups excluding tert-OH is 1. The summed E-state index contributed by atoms with van der Waals surface area (Å²) in [5, 5.41) is 12.2. The summed E-state index contributed by atoms with van der Waals surface area (Å²) < 4.78 is 26.3. The van der Waals surface area contributed by atoms with Crippen LogP contribution in [0.25, 0.3) is 0 Å². The van der Waals surface area contributed by atoms with Crippen molar-refractivity contribution >= 4 is 27.5 Å². The Bertz CT molecular complexity index is 584. The van der Waals surface area contributed by atoms with Crippen LogP contribution in [0.5, 0.6) is 0 Å². The molecule has 1 atom stereocenters. The molecular weight excluding hydrogens is 304 g/mol. The number of aliphatic hydroxyl groups is 1. The predicted molar refractivity (Wildman–Crippen MR) is 73.8 cm³/mol. The molecule has 2 rings (SSSR count). The van der Waals surface area contributed by atoms with Crippen LogP contribution in [-0.2, 0) is 14.8 Å². The molecule has 0 aliphatic heterocycles. The van der Waals surface area contributed by atoms with E-state index in [4.69, 9.17) is 11.6 Å². The number of carbonyl (C=O) groups is 1. The lowest BCUT2D eigenvalue weighted by molar-refractivity contribution is -0.123. The van der Waals surface area contributed by atoms with Gasteiger partial charge in [0.1, 0.15) is 6.04 Å². The zero-order valence-electron chi connectivity index (χ0n) is 10.5. The van der Waals surface area contributed by atoms with Crippen molar-refractivity contribution in [1.82, 2.24) is 10.0 Å². The minimum absolute atomic E-state index is 0.0143. The highest BCUT2D eigenvalue weighted by atomic mass is 35.5. The molecule has 1 aromatic rings. The molecule has 20 heavy (non-hydrogen) atoms. The molecule has 1 unspecified atom stereocenters.